The fourth-order valence-electron chi connectivity index (χ4n) is 2.78. The molecule has 1 unspecified atom stereocenters. The highest BCUT2D eigenvalue weighted by Crippen LogP contribution is 2.23. The van der Waals surface area contributed by atoms with Gasteiger partial charge in [0.2, 0.25) is 10.0 Å². The van der Waals surface area contributed by atoms with Crippen molar-refractivity contribution in [2.45, 2.75) is 45.0 Å². The van der Waals surface area contributed by atoms with Crippen molar-refractivity contribution in [2.75, 3.05) is 20.1 Å². The van der Waals surface area contributed by atoms with Crippen molar-refractivity contribution in [3.8, 4) is 0 Å². The van der Waals surface area contributed by atoms with Gasteiger partial charge in [-0.1, -0.05) is 6.92 Å². The molecule has 1 aliphatic rings. The third kappa shape index (κ3) is 4.67. The standard InChI is InChI=1S/C18H27N3O3S/c1-5-6-17(18(19-4)15-7-10-20-11-8-15)24-16-9-12-21(13-16)25(22,23)14(2)3/h6-8,10-11,14,16H,5,9,12-13H2,1-4H3/b17-6+,19-18-. The van der Waals surface area contributed by atoms with E-state index in [1.807, 2.05) is 25.1 Å². The zero-order valence-corrected chi connectivity index (χ0v) is 16.2. The van der Waals surface area contributed by atoms with Crippen molar-refractivity contribution in [3.63, 3.8) is 0 Å². The minimum absolute atomic E-state index is 0.162. The van der Waals surface area contributed by atoms with Crippen LogP contribution in [0.5, 0.6) is 0 Å². The van der Waals surface area contributed by atoms with Crippen LogP contribution < -0.4 is 0 Å². The van der Waals surface area contributed by atoms with Gasteiger partial charge in [-0.2, -0.15) is 4.31 Å². The Bertz CT molecular complexity index is 727. The SMILES string of the molecule is CC/C=C(OC1CCN(S(=O)(=O)C(C)C)C1)\C(=N/C)c1ccncc1. The Hall–Kier alpha value is -1.73. The van der Waals surface area contributed by atoms with Crippen molar-refractivity contribution in [2.24, 2.45) is 4.99 Å². The number of nitrogens with zero attached hydrogens (tertiary/aromatic N) is 3. The second-order valence-corrected chi connectivity index (χ2v) is 8.75. The van der Waals surface area contributed by atoms with E-state index in [1.54, 1.807) is 33.3 Å². The number of rotatable bonds is 7. The van der Waals surface area contributed by atoms with Gasteiger partial charge in [-0.05, 0) is 44.9 Å². The Balaban J connectivity index is 2.15. The van der Waals surface area contributed by atoms with E-state index < -0.39 is 15.3 Å². The summed E-state index contributed by atoms with van der Waals surface area (Å²) in [6.07, 6.45) is 6.75. The second kappa shape index (κ2) is 8.58. The molecule has 25 heavy (non-hydrogen) atoms. The van der Waals surface area contributed by atoms with E-state index in [-0.39, 0.29) is 6.10 Å². The molecule has 0 aliphatic carbocycles. The Morgan fingerprint density at radius 3 is 2.68 bits per heavy atom. The van der Waals surface area contributed by atoms with E-state index in [0.717, 1.165) is 17.7 Å². The number of sulfonamides is 1. The van der Waals surface area contributed by atoms with Gasteiger partial charge in [-0.25, -0.2) is 8.42 Å². The first-order valence-corrected chi connectivity index (χ1v) is 10.1. The van der Waals surface area contributed by atoms with Crippen LogP contribution in [0.25, 0.3) is 0 Å². The minimum atomic E-state index is -3.24. The number of ether oxygens (including phenoxy) is 1. The zero-order chi connectivity index (χ0) is 18.4. The van der Waals surface area contributed by atoms with Gasteiger partial charge in [-0.3, -0.25) is 9.98 Å². The highest BCUT2D eigenvalue weighted by atomic mass is 32.2. The first kappa shape index (κ1) is 19.6. The molecule has 138 valence electrons. The fourth-order valence-corrected chi connectivity index (χ4v) is 4.11. The molecule has 0 N–H and O–H groups in total. The van der Waals surface area contributed by atoms with Crippen molar-refractivity contribution in [3.05, 3.63) is 41.9 Å². The molecule has 0 spiro atoms. The predicted octanol–water partition coefficient (Wildman–Crippen LogP) is 2.62. The van der Waals surface area contributed by atoms with Crippen LogP contribution in [-0.2, 0) is 14.8 Å². The lowest BCUT2D eigenvalue weighted by Gasteiger charge is -2.21. The lowest BCUT2D eigenvalue weighted by atomic mass is 10.1. The van der Waals surface area contributed by atoms with Gasteiger partial charge < -0.3 is 4.74 Å². The largest absolute Gasteiger partial charge is 0.487 e. The molecule has 2 rings (SSSR count). The summed E-state index contributed by atoms with van der Waals surface area (Å²) in [5.74, 6) is 0.699. The van der Waals surface area contributed by atoms with E-state index in [0.29, 0.717) is 25.3 Å². The monoisotopic (exact) mass is 365 g/mol. The van der Waals surface area contributed by atoms with E-state index >= 15 is 0 Å². The van der Waals surface area contributed by atoms with E-state index in [9.17, 15) is 8.42 Å². The molecule has 0 bridgehead atoms. The summed E-state index contributed by atoms with van der Waals surface area (Å²) in [5.41, 5.74) is 1.69. The maximum atomic E-state index is 12.3. The first-order valence-electron chi connectivity index (χ1n) is 8.63. The average Bonchev–Trinajstić information content (AvgIpc) is 3.06. The summed E-state index contributed by atoms with van der Waals surface area (Å²) in [5, 5.41) is -0.415. The van der Waals surface area contributed by atoms with Crippen LogP contribution >= 0.6 is 0 Å². The molecular weight excluding hydrogens is 338 g/mol. The molecule has 1 fully saturated rings. The molecule has 0 saturated carbocycles. The van der Waals surface area contributed by atoms with E-state index in [4.69, 9.17) is 4.74 Å². The first-order chi connectivity index (χ1) is 11.9. The fraction of sp³-hybridized carbons (Fsp3) is 0.556. The van der Waals surface area contributed by atoms with Gasteiger partial charge in [0.1, 0.15) is 17.6 Å². The predicted molar refractivity (Wildman–Crippen MR) is 100 cm³/mol. The Morgan fingerprint density at radius 2 is 2.12 bits per heavy atom. The average molecular weight is 365 g/mol. The van der Waals surface area contributed by atoms with Gasteiger partial charge >= 0.3 is 0 Å². The minimum Gasteiger partial charge on any atom is -0.487 e. The van der Waals surface area contributed by atoms with Crippen LogP contribution in [-0.4, -0.2) is 54.9 Å². The van der Waals surface area contributed by atoms with Crippen LogP contribution in [0, 0.1) is 0 Å². The highest BCUT2D eigenvalue weighted by molar-refractivity contribution is 7.89. The summed E-state index contributed by atoms with van der Waals surface area (Å²) >= 11 is 0. The Labute approximate surface area is 150 Å². The van der Waals surface area contributed by atoms with Crippen LogP contribution in [0.3, 0.4) is 0 Å². The van der Waals surface area contributed by atoms with Gasteiger partial charge in [-0.15, -0.1) is 0 Å². The maximum Gasteiger partial charge on any atom is 0.216 e. The smallest absolute Gasteiger partial charge is 0.216 e. The molecule has 0 amide bonds. The van der Waals surface area contributed by atoms with Gasteiger partial charge in [0.05, 0.1) is 11.8 Å². The Kier molecular flexibility index (Phi) is 6.72. The highest BCUT2D eigenvalue weighted by Gasteiger charge is 2.34. The lowest BCUT2D eigenvalue weighted by molar-refractivity contribution is 0.142. The number of hydrogen-bond donors (Lipinski definition) is 0. The number of aliphatic imine (C=N–C) groups is 1. The van der Waals surface area contributed by atoms with Crippen molar-refractivity contribution < 1.29 is 13.2 Å². The van der Waals surface area contributed by atoms with Crippen molar-refractivity contribution in [1.82, 2.24) is 9.29 Å². The van der Waals surface area contributed by atoms with Gasteiger partial charge in [0.15, 0.2) is 0 Å². The number of pyridine rings is 1. The molecule has 6 nitrogen and oxygen atoms in total. The lowest BCUT2D eigenvalue weighted by Crippen LogP contribution is -2.35. The maximum absolute atomic E-state index is 12.3. The third-order valence-corrected chi connectivity index (χ3v) is 6.40. The molecule has 1 aliphatic heterocycles. The third-order valence-electron chi connectivity index (χ3n) is 4.16. The molecule has 7 heteroatoms. The van der Waals surface area contributed by atoms with Gasteiger partial charge in [0, 0.05) is 31.5 Å². The molecule has 1 aromatic heterocycles. The summed E-state index contributed by atoms with van der Waals surface area (Å²) in [6.45, 7) is 6.33. The van der Waals surface area contributed by atoms with Crippen LogP contribution in [0.2, 0.25) is 0 Å². The number of hydrogen-bond acceptors (Lipinski definition) is 5. The normalized spacial score (nSPS) is 20.3. The van der Waals surface area contributed by atoms with Crippen LogP contribution in [0.1, 0.15) is 39.2 Å². The quantitative estimate of drug-likeness (QED) is 0.550. The van der Waals surface area contributed by atoms with E-state index in [1.165, 1.54) is 4.31 Å². The molecule has 1 saturated heterocycles. The second-order valence-electron chi connectivity index (χ2n) is 6.26. The summed E-state index contributed by atoms with van der Waals surface area (Å²) in [6, 6.07) is 3.78. The van der Waals surface area contributed by atoms with Crippen LogP contribution in [0.4, 0.5) is 0 Å². The summed E-state index contributed by atoms with van der Waals surface area (Å²) in [4.78, 5) is 8.41. The Morgan fingerprint density at radius 1 is 1.44 bits per heavy atom. The molecule has 2 heterocycles. The van der Waals surface area contributed by atoms with E-state index in [2.05, 4.69) is 9.98 Å². The van der Waals surface area contributed by atoms with Crippen LogP contribution in [0.15, 0.2) is 41.4 Å². The topological polar surface area (TPSA) is 71.9 Å². The molecule has 0 radical (unpaired) electrons. The van der Waals surface area contributed by atoms with Crippen molar-refractivity contribution in [1.29, 1.82) is 0 Å². The number of aromatic nitrogens is 1. The number of allylic oxidation sites excluding steroid dienone is 2. The summed E-state index contributed by atoms with van der Waals surface area (Å²) in [7, 11) is -1.51. The van der Waals surface area contributed by atoms with Crippen molar-refractivity contribution >= 4 is 15.7 Å². The molecular formula is C18H27N3O3S. The zero-order valence-electron chi connectivity index (χ0n) is 15.3. The molecule has 1 aromatic rings. The van der Waals surface area contributed by atoms with Gasteiger partial charge in [0.25, 0.3) is 0 Å². The molecule has 1 atom stereocenters. The summed E-state index contributed by atoms with van der Waals surface area (Å²) < 4.78 is 32.3. The molecule has 0 aromatic carbocycles.